The number of hydrogen-bond acceptors (Lipinski definition) is 3. The van der Waals surface area contributed by atoms with E-state index < -0.39 is 6.04 Å². The lowest BCUT2D eigenvalue weighted by atomic mass is 10.1. The van der Waals surface area contributed by atoms with E-state index in [1.54, 1.807) is 29.7 Å². The first-order valence-corrected chi connectivity index (χ1v) is 11.7. The lowest BCUT2D eigenvalue weighted by molar-refractivity contribution is -0.140. The second-order valence-electron chi connectivity index (χ2n) is 7.48. The van der Waals surface area contributed by atoms with Gasteiger partial charge in [0.1, 0.15) is 6.04 Å². The van der Waals surface area contributed by atoms with E-state index in [4.69, 9.17) is 23.2 Å². The third-order valence-electron chi connectivity index (χ3n) is 4.55. The summed E-state index contributed by atoms with van der Waals surface area (Å²) in [5.41, 5.74) is 0.821. The molecule has 2 rings (SSSR count). The van der Waals surface area contributed by atoms with Crippen LogP contribution in [0.1, 0.15) is 32.8 Å². The van der Waals surface area contributed by atoms with Crippen LogP contribution in [0.3, 0.4) is 0 Å². The molecule has 2 aromatic carbocycles. The Balaban J connectivity index is 2.06. The molecule has 0 aliphatic rings. The molecule has 2 aromatic rings. The highest BCUT2D eigenvalue weighted by atomic mass is 35.5. The summed E-state index contributed by atoms with van der Waals surface area (Å²) in [4.78, 5) is 28.4. The molecule has 0 heterocycles. The van der Waals surface area contributed by atoms with Crippen molar-refractivity contribution in [3.8, 4) is 0 Å². The molecular formula is C23H28Cl2N2O2S. The largest absolute Gasteiger partial charge is 0.354 e. The second-order valence-corrected chi connectivity index (χ2v) is 9.49. The highest BCUT2D eigenvalue weighted by molar-refractivity contribution is 7.99. The Labute approximate surface area is 193 Å². The van der Waals surface area contributed by atoms with Gasteiger partial charge in [-0.2, -0.15) is 0 Å². The van der Waals surface area contributed by atoms with Crippen LogP contribution in [0.2, 0.25) is 10.0 Å². The van der Waals surface area contributed by atoms with Crippen molar-refractivity contribution >= 4 is 46.8 Å². The maximum absolute atomic E-state index is 13.1. The lowest BCUT2D eigenvalue weighted by Gasteiger charge is -2.29. The van der Waals surface area contributed by atoms with Gasteiger partial charge in [0.25, 0.3) is 0 Å². The van der Waals surface area contributed by atoms with Crippen LogP contribution in [0.25, 0.3) is 0 Å². The monoisotopic (exact) mass is 466 g/mol. The second kappa shape index (κ2) is 12.2. The molecule has 0 aliphatic heterocycles. The van der Waals surface area contributed by atoms with Crippen molar-refractivity contribution in [3.05, 3.63) is 64.1 Å². The molecule has 0 aliphatic carbocycles. The molecule has 0 radical (unpaired) electrons. The summed E-state index contributed by atoms with van der Waals surface area (Å²) in [6.07, 6.45) is 0.319. The van der Waals surface area contributed by atoms with Gasteiger partial charge in [0.15, 0.2) is 0 Å². The fourth-order valence-electron chi connectivity index (χ4n) is 2.78. The van der Waals surface area contributed by atoms with Crippen molar-refractivity contribution in [3.63, 3.8) is 0 Å². The Morgan fingerprint density at radius 3 is 2.33 bits per heavy atom. The highest BCUT2D eigenvalue weighted by Gasteiger charge is 2.26. The molecule has 0 aromatic heterocycles. The molecule has 0 saturated heterocycles. The van der Waals surface area contributed by atoms with Gasteiger partial charge in [0.05, 0.1) is 0 Å². The average Bonchev–Trinajstić information content (AvgIpc) is 2.72. The number of halogens is 2. The van der Waals surface area contributed by atoms with Crippen LogP contribution in [-0.2, 0) is 16.1 Å². The normalized spacial score (nSPS) is 11.9. The van der Waals surface area contributed by atoms with E-state index in [1.165, 1.54) is 0 Å². The van der Waals surface area contributed by atoms with E-state index in [9.17, 15) is 9.59 Å². The van der Waals surface area contributed by atoms with Crippen molar-refractivity contribution in [1.82, 2.24) is 10.2 Å². The van der Waals surface area contributed by atoms with E-state index >= 15 is 0 Å². The molecule has 0 fully saturated rings. The van der Waals surface area contributed by atoms with Crippen LogP contribution in [0.4, 0.5) is 0 Å². The van der Waals surface area contributed by atoms with Gasteiger partial charge in [-0.1, -0.05) is 55.2 Å². The highest BCUT2D eigenvalue weighted by Crippen LogP contribution is 2.23. The number of nitrogens with zero attached hydrogens (tertiary/aromatic N) is 1. The number of carbonyl (C=O) groups excluding carboxylic acids is 2. The first-order chi connectivity index (χ1) is 14.3. The smallest absolute Gasteiger partial charge is 0.242 e. The summed E-state index contributed by atoms with van der Waals surface area (Å²) < 4.78 is 0. The Morgan fingerprint density at radius 1 is 1.03 bits per heavy atom. The Morgan fingerprint density at radius 2 is 1.70 bits per heavy atom. The van der Waals surface area contributed by atoms with Crippen LogP contribution in [0, 0.1) is 5.92 Å². The van der Waals surface area contributed by atoms with Gasteiger partial charge >= 0.3 is 0 Å². The number of nitrogens with one attached hydrogen (secondary N) is 1. The van der Waals surface area contributed by atoms with Gasteiger partial charge in [-0.25, -0.2) is 0 Å². The van der Waals surface area contributed by atoms with E-state index in [0.717, 1.165) is 10.5 Å². The minimum atomic E-state index is -0.590. The van der Waals surface area contributed by atoms with Gasteiger partial charge in [-0.05, 0) is 48.7 Å². The minimum Gasteiger partial charge on any atom is -0.354 e. The average molecular weight is 467 g/mol. The third-order valence-corrected chi connectivity index (χ3v) is 6.18. The van der Waals surface area contributed by atoms with Gasteiger partial charge in [-0.3, -0.25) is 9.59 Å². The molecule has 2 amide bonds. The maximum Gasteiger partial charge on any atom is 0.242 e. The van der Waals surface area contributed by atoms with E-state index in [2.05, 4.69) is 5.32 Å². The van der Waals surface area contributed by atoms with Gasteiger partial charge in [0, 0.05) is 40.2 Å². The molecule has 0 spiro atoms. The number of rotatable bonds is 10. The molecule has 4 nitrogen and oxygen atoms in total. The fourth-order valence-corrected chi connectivity index (χ4v) is 3.94. The third kappa shape index (κ3) is 7.86. The predicted octanol–water partition coefficient (Wildman–Crippen LogP) is 5.67. The van der Waals surface area contributed by atoms with Crippen LogP contribution in [-0.4, -0.2) is 35.1 Å². The first-order valence-electron chi connectivity index (χ1n) is 9.97. The maximum atomic E-state index is 13.1. The standard InChI is InChI=1S/C23H28Cl2N2O2S/c1-16(2)14-26-23(29)17(3)27(15-18-6-4-5-7-21(18)25)22(28)12-13-30-20-10-8-19(24)9-11-20/h4-11,16-17H,12-15H2,1-3H3,(H,26,29)/t17-/m1/s1. The first kappa shape index (κ1) is 24.6. The molecule has 162 valence electrons. The molecular weight excluding hydrogens is 439 g/mol. The molecule has 1 atom stereocenters. The number of hydrogen-bond donors (Lipinski definition) is 1. The lowest BCUT2D eigenvalue weighted by Crippen LogP contribution is -2.48. The van der Waals surface area contributed by atoms with Crippen molar-refractivity contribution in [2.75, 3.05) is 12.3 Å². The zero-order valence-electron chi connectivity index (χ0n) is 17.5. The van der Waals surface area contributed by atoms with E-state index in [0.29, 0.717) is 41.2 Å². The van der Waals surface area contributed by atoms with Gasteiger partial charge in [0.2, 0.25) is 11.8 Å². The number of amides is 2. The van der Waals surface area contributed by atoms with Gasteiger partial charge in [-0.15, -0.1) is 11.8 Å². The number of benzene rings is 2. The molecule has 0 bridgehead atoms. The van der Waals surface area contributed by atoms with Crippen LogP contribution >= 0.6 is 35.0 Å². The number of thioether (sulfide) groups is 1. The quantitative estimate of drug-likeness (QED) is 0.459. The zero-order chi connectivity index (χ0) is 22.1. The molecule has 0 saturated carbocycles. The predicted molar refractivity (Wildman–Crippen MR) is 126 cm³/mol. The molecule has 30 heavy (non-hydrogen) atoms. The van der Waals surface area contributed by atoms with Crippen LogP contribution in [0.15, 0.2) is 53.4 Å². The summed E-state index contributed by atoms with van der Waals surface area (Å²) in [5.74, 6) is 0.711. The Hall–Kier alpha value is -1.69. The van der Waals surface area contributed by atoms with Crippen molar-refractivity contribution in [1.29, 1.82) is 0 Å². The summed E-state index contributed by atoms with van der Waals surface area (Å²) in [5, 5.41) is 4.19. The topological polar surface area (TPSA) is 49.4 Å². The SMILES string of the molecule is CC(C)CNC(=O)[C@@H](C)N(Cc1ccccc1Cl)C(=O)CCSc1ccc(Cl)cc1. The molecule has 7 heteroatoms. The minimum absolute atomic E-state index is 0.0800. The summed E-state index contributed by atoms with van der Waals surface area (Å²) in [6.45, 7) is 6.69. The Kier molecular flexibility index (Phi) is 10.0. The van der Waals surface area contributed by atoms with Crippen LogP contribution < -0.4 is 5.32 Å². The zero-order valence-corrected chi connectivity index (χ0v) is 19.9. The fraction of sp³-hybridized carbons (Fsp3) is 0.391. The van der Waals surface area contributed by atoms with Crippen molar-refractivity contribution < 1.29 is 9.59 Å². The molecule has 1 N–H and O–H groups in total. The summed E-state index contributed by atoms with van der Waals surface area (Å²) >= 11 is 13.8. The van der Waals surface area contributed by atoms with Crippen molar-refractivity contribution in [2.24, 2.45) is 5.92 Å². The summed E-state index contributed by atoms with van der Waals surface area (Å²) in [7, 11) is 0. The van der Waals surface area contributed by atoms with E-state index in [1.807, 2.05) is 56.3 Å². The summed E-state index contributed by atoms with van der Waals surface area (Å²) in [6, 6.07) is 14.3. The Bertz CT molecular complexity index is 843. The van der Waals surface area contributed by atoms with E-state index in [-0.39, 0.29) is 11.8 Å². The number of carbonyl (C=O) groups is 2. The molecule has 0 unspecified atom stereocenters. The van der Waals surface area contributed by atoms with Gasteiger partial charge < -0.3 is 10.2 Å². The van der Waals surface area contributed by atoms with Crippen LogP contribution in [0.5, 0.6) is 0 Å². The van der Waals surface area contributed by atoms with Crippen molar-refractivity contribution in [2.45, 2.75) is 44.7 Å².